The first kappa shape index (κ1) is 23.1. The van der Waals surface area contributed by atoms with Crippen molar-refractivity contribution < 1.29 is 23.4 Å². The normalized spacial score (nSPS) is 15.5. The number of benzene rings is 4. The summed E-state index contributed by atoms with van der Waals surface area (Å²) in [5, 5.41) is 0.440. The molecule has 0 saturated carbocycles. The summed E-state index contributed by atoms with van der Waals surface area (Å²) >= 11 is 0. The van der Waals surface area contributed by atoms with E-state index < -0.39 is 6.04 Å². The van der Waals surface area contributed by atoms with Crippen LogP contribution in [0.1, 0.15) is 38.9 Å². The van der Waals surface area contributed by atoms with Gasteiger partial charge in [-0.25, -0.2) is 0 Å². The molecule has 1 atom stereocenters. The summed E-state index contributed by atoms with van der Waals surface area (Å²) in [6.07, 6.45) is 0. The third kappa shape index (κ3) is 4.08. The van der Waals surface area contributed by atoms with Crippen molar-refractivity contribution in [3.8, 4) is 17.2 Å². The van der Waals surface area contributed by atoms with Gasteiger partial charge < -0.3 is 23.5 Å². The summed E-state index contributed by atoms with van der Waals surface area (Å²) in [5.74, 6) is 1.67. The van der Waals surface area contributed by atoms with Crippen LogP contribution in [0.2, 0.25) is 0 Å². The lowest BCUT2D eigenvalue weighted by atomic mass is 9.98. The van der Waals surface area contributed by atoms with Crippen LogP contribution in [0, 0.1) is 0 Å². The topological polar surface area (TPSA) is 78.2 Å². The van der Waals surface area contributed by atoms with Crippen LogP contribution in [0.15, 0.2) is 106 Å². The van der Waals surface area contributed by atoms with E-state index in [4.69, 9.17) is 18.6 Å². The number of hydrogen-bond acceptors (Lipinski definition) is 6. The molecule has 4 aromatic carbocycles. The van der Waals surface area contributed by atoms with Crippen LogP contribution in [-0.4, -0.2) is 17.6 Å². The first-order chi connectivity index (χ1) is 19.2. The molecule has 7 rings (SSSR count). The molecule has 1 unspecified atom stereocenters. The Hall–Kier alpha value is -5.04. The fraction of sp³-hybridized carbons (Fsp3) is 0.125. The fourth-order valence-corrected chi connectivity index (χ4v) is 5.23. The molecule has 192 valence electrons. The number of nitrogens with zero attached hydrogens (tertiary/aromatic N) is 1. The highest BCUT2D eigenvalue weighted by Gasteiger charge is 2.43. The highest BCUT2D eigenvalue weighted by atomic mass is 16.7. The number of amides is 1. The number of para-hydroxylation sites is 1. The van der Waals surface area contributed by atoms with Crippen molar-refractivity contribution in [1.29, 1.82) is 0 Å². The minimum atomic E-state index is -0.654. The van der Waals surface area contributed by atoms with Crippen molar-refractivity contribution in [2.24, 2.45) is 0 Å². The summed E-state index contributed by atoms with van der Waals surface area (Å²) in [6, 6.07) is 29.4. The van der Waals surface area contributed by atoms with Gasteiger partial charge in [0.2, 0.25) is 12.6 Å². The summed E-state index contributed by atoms with van der Waals surface area (Å²) in [7, 11) is 0. The lowest BCUT2D eigenvalue weighted by molar-refractivity contribution is 0.0714. The molecule has 0 aliphatic carbocycles. The molecular weight excluding hydrogens is 494 g/mol. The first-order valence-corrected chi connectivity index (χ1v) is 12.7. The van der Waals surface area contributed by atoms with E-state index in [2.05, 4.69) is 0 Å². The monoisotopic (exact) mass is 517 g/mol. The third-order valence-corrected chi connectivity index (χ3v) is 7.09. The second-order valence-electron chi connectivity index (χ2n) is 9.54. The van der Waals surface area contributed by atoms with Crippen LogP contribution in [0.25, 0.3) is 11.0 Å². The van der Waals surface area contributed by atoms with Gasteiger partial charge in [0.25, 0.3) is 5.91 Å². The van der Waals surface area contributed by atoms with Crippen LogP contribution < -0.4 is 19.6 Å². The van der Waals surface area contributed by atoms with E-state index in [0.29, 0.717) is 40.4 Å². The molecule has 1 amide bonds. The summed E-state index contributed by atoms with van der Waals surface area (Å²) < 4.78 is 23.1. The second kappa shape index (κ2) is 9.36. The van der Waals surface area contributed by atoms with Gasteiger partial charge >= 0.3 is 0 Å². The van der Waals surface area contributed by atoms with Crippen LogP contribution in [-0.2, 0) is 13.2 Å². The van der Waals surface area contributed by atoms with Gasteiger partial charge in [-0.3, -0.25) is 9.59 Å². The highest BCUT2D eigenvalue weighted by molar-refractivity contribution is 5.99. The van der Waals surface area contributed by atoms with Crippen molar-refractivity contribution in [2.75, 3.05) is 6.79 Å². The van der Waals surface area contributed by atoms with E-state index in [1.54, 1.807) is 29.2 Å². The van der Waals surface area contributed by atoms with Crippen molar-refractivity contribution in [2.45, 2.75) is 19.2 Å². The van der Waals surface area contributed by atoms with Crippen molar-refractivity contribution in [3.63, 3.8) is 0 Å². The number of carbonyl (C=O) groups is 1. The predicted molar refractivity (Wildman–Crippen MR) is 144 cm³/mol. The molecule has 39 heavy (non-hydrogen) atoms. The van der Waals surface area contributed by atoms with Gasteiger partial charge in [0.05, 0.1) is 17.0 Å². The molecule has 0 bridgehead atoms. The third-order valence-electron chi connectivity index (χ3n) is 7.09. The molecular formula is C32H23NO6. The molecule has 0 spiro atoms. The number of fused-ring (bicyclic) bond motifs is 3. The molecule has 0 N–H and O–H groups in total. The minimum absolute atomic E-state index is 0.0695. The molecule has 0 fully saturated rings. The Labute approximate surface area is 223 Å². The standard InChI is InChI=1S/C32H23NO6/c34-30-24-11-4-5-12-25(24)39-31-28(30)29(22-9-6-10-23(16-22)36-18-20-7-2-1-3-8-20)33(32(31)35)17-21-13-14-26-27(15-21)38-19-37-26/h1-16,29H,17-19H2. The smallest absolute Gasteiger partial charge is 0.291 e. The second-order valence-corrected chi connectivity index (χ2v) is 9.54. The molecule has 3 heterocycles. The molecule has 2 aliphatic heterocycles. The summed E-state index contributed by atoms with van der Waals surface area (Å²) in [5.41, 5.74) is 3.16. The number of rotatable bonds is 6. The number of carbonyl (C=O) groups excluding carboxylic acids is 1. The van der Waals surface area contributed by atoms with E-state index >= 15 is 0 Å². The van der Waals surface area contributed by atoms with Gasteiger partial charge in [0.15, 0.2) is 16.9 Å². The quantitative estimate of drug-likeness (QED) is 0.281. The Bertz CT molecular complexity index is 1780. The zero-order valence-corrected chi connectivity index (χ0v) is 20.8. The number of ether oxygens (including phenoxy) is 3. The van der Waals surface area contributed by atoms with Crippen molar-refractivity contribution in [3.05, 3.63) is 135 Å². The number of hydrogen-bond donors (Lipinski definition) is 0. The average Bonchev–Trinajstić information content (AvgIpc) is 3.55. The predicted octanol–water partition coefficient (Wildman–Crippen LogP) is 5.85. The Balaban J connectivity index is 1.31. The maximum atomic E-state index is 13.8. The fourth-order valence-electron chi connectivity index (χ4n) is 5.23. The molecule has 5 aromatic rings. The molecule has 7 heteroatoms. The van der Waals surface area contributed by atoms with Crippen LogP contribution in [0.3, 0.4) is 0 Å². The summed E-state index contributed by atoms with van der Waals surface area (Å²) in [6.45, 7) is 0.809. The van der Waals surface area contributed by atoms with E-state index in [1.807, 2.05) is 72.8 Å². The molecule has 0 saturated heterocycles. The zero-order valence-electron chi connectivity index (χ0n) is 20.8. The van der Waals surface area contributed by atoms with E-state index in [0.717, 1.165) is 16.7 Å². The lowest BCUT2D eigenvalue weighted by Gasteiger charge is -2.25. The van der Waals surface area contributed by atoms with E-state index in [1.165, 1.54) is 0 Å². The maximum Gasteiger partial charge on any atom is 0.291 e. The van der Waals surface area contributed by atoms with Gasteiger partial charge in [0, 0.05) is 6.54 Å². The minimum Gasteiger partial charge on any atom is -0.489 e. The van der Waals surface area contributed by atoms with Gasteiger partial charge in [-0.1, -0.05) is 60.7 Å². The molecule has 1 aromatic heterocycles. The molecule has 0 radical (unpaired) electrons. The Morgan fingerprint density at radius 1 is 0.795 bits per heavy atom. The van der Waals surface area contributed by atoms with E-state index in [9.17, 15) is 9.59 Å². The van der Waals surface area contributed by atoms with Gasteiger partial charge in [-0.05, 0) is 53.1 Å². The van der Waals surface area contributed by atoms with E-state index in [-0.39, 0.29) is 30.4 Å². The first-order valence-electron chi connectivity index (χ1n) is 12.7. The van der Waals surface area contributed by atoms with Crippen LogP contribution in [0.4, 0.5) is 0 Å². The zero-order chi connectivity index (χ0) is 26.3. The van der Waals surface area contributed by atoms with Crippen molar-refractivity contribution >= 4 is 16.9 Å². The largest absolute Gasteiger partial charge is 0.489 e. The Kier molecular flexibility index (Phi) is 5.55. The molecule has 7 nitrogen and oxygen atoms in total. The van der Waals surface area contributed by atoms with Crippen molar-refractivity contribution in [1.82, 2.24) is 4.90 Å². The maximum absolute atomic E-state index is 13.8. The van der Waals surface area contributed by atoms with Gasteiger partial charge in [0.1, 0.15) is 17.9 Å². The SMILES string of the molecule is O=C1c2oc3ccccc3c(=O)c2C(c2cccc(OCc3ccccc3)c2)N1Cc1ccc2c(c1)OCO2. The Morgan fingerprint density at radius 2 is 1.62 bits per heavy atom. The average molecular weight is 518 g/mol. The summed E-state index contributed by atoms with van der Waals surface area (Å²) in [4.78, 5) is 29.3. The van der Waals surface area contributed by atoms with Crippen LogP contribution in [0.5, 0.6) is 17.2 Å². The van der Waals surface area contributed by atoms with Gasteiger partial charge in [-0.15, -0.1) is 0 Å². The molecule has 2 aliphatic rings. The highest BCUT2D eigenvalue weighted by Crippen LogP contribution is 2.41. The van der Waals surface area contributed by atoms with Crippen LogP contribution >= 0.6 is 0 Å². The Morgan fingerprint density at radius 3 is 2.51 bits per heavy atom. The lowest BCUT2D eigenvalue weighted by Crippen LogP contribution is -2.29. The van der Waals surface area contributed by atoms with Gasteiger partial charge in [-0.2, -0.15) is 0 Å².